The van der Waals surface area contributed by atoms with Gasteiger partial charge in [0.05, 0.1) is 17.9 Å². The van der Waals surface area contributed by atoms with Crippen LogP contribution in [0, 0.1) is 11.3 Å². The quantitative estimate of drug-likeness (QED) is 0.320. The van der Waals surface area contributed by atoms with E-state index in [-0.39, 0.29) is 11.1 Å². The van der Waals surface area contributed by atoms with E-state index in [4.69, 9.17) is 4.74 Å². The number of ether oxygens (including phenoxy) is 1. The highest BCUT2D eigenvalue weighted by Crippen LogP contribution is 2.27. The maximum atomic E-state index is 12.8. The molecule has 2 aromatic carbocycles. The molecular formula is C24H25N3O3. The molecule has 0 fully saturated rings. The monoisotopic (exact) mass is 403 g/mol. The Morgan fingerprint density at radius 3 is 2.77 bits per heavy atom. The Morgan fingerprint density at radius 1 is 1.20 bits per heavy atom. The average Bonchev–Trinajstić information content (AvgIpc) is 2.78. The molecule has 1 heterocycles. The summed E-state index contributed by atoms with van der Waals surface area (Å²) >= 11 is 0. The van der Waals surface area contributed by atoms with Gasteiger partial charge in [-0.2, -0.15) is 5.26 Å². The second-order valence-electron chi connectivity index (χ2n) is 7.07. The topological polar surface area (TPSA) is 82.4 Å². The molecule has 0 spiro atoms. The fraction of sp³-hybridized carbons (Fsp3) is 0.292. The summed E-state index contributed by atoms with van der Waals surface area (Å²) in [5.41, 5.74) is 2.76. The normalized spacial score (nSPS) is 13.2. The summed E-state index contributed by atoms with van der Waals surface area (Å²) in [4.78, 5) is 27.1. The number of unbranched alkanes of at least 4 members (excludes halogenated alkanes) is 1. The summed E-state index contributed by atoms with van der Waals surface area (Å²) in [5, 5.41) is 12.3. The largest absolute Gasteiger partial charge is 0.462 e. The van der Waals surface area contributed by atoms with E-state index in [2.05, 4.69) is 11.4 Å². The predicted octanol–water partition coefficient (Wildman–Crippen LogP) is 4.44. The number of aryl methyl sites for hydroxylation is 1. The molecule has 6 nitrogen and oxygen atoms in total. The minimum absolute atomic E-state index is 0.0270. The predicted molar refractivity (Wildman–Crippen MR) is 116 cm³/mol. The average molecular weight is 403 g/mol. The summed E-state index contributed by atoms with van der Waals surface area (Å²) < 4.78 is 5.26. The molecule has 154 valence electrons. The smallest absolute Gasteiger partial charge is 0.340 e. The number of hydrogen-bond donors (Lipinski definition) is 1. The van der Waals surface area contributed by atoms with Gasteiger partial charge in [0.15, 0.2) is 0 Å². The molecule has 6 heteroatoms. The number of nitrogens with zero attached hydrogens (tertiary/aromatic N) is 2. The van der Waals surface area contributed by atoms with E-state index in [9.17, 15) is 14.9 Å². The number of anilines is 2. The van der Waals surface area contributed by atoms with Gasteiger partial charge in [-0.25, -0.2) is 4.79 Å². The van der Waals surface area contributed by atoms with E-state index in [0.717, 1.165) is 37.9 Å². The van der Waals surface area contributed by atoms with Crippen LogP contribution in [0.2, 0.25) is 0 Å². The highest BCUT2D eigenvalue weighted by Gasteiger charge is 2.20. The Kier molecular flexibility index (Phi) is 7.23. The van der Waals surface area contributed by atoms with Crippen molar-refractivity contribution in [3.05, 3.63) is 71.4 Å². The first kappa shape index (κ1) is 21.1. The first-order valence-corrected chi connectivity index (χ1v) is 10.2. The van der Waals surface area contributed by atoms with Crippen molar-refractivity contribution in [3.8, 4) is 6.07 Å². The number of para-hydroxylation sites is 2. The second-order valence-corrected chi connectivity index (χ2v) is 7.07. The van der Waals surface area contributed by atoms with Crippen molar-refractivity contribution in [2.45, 2.75) is 32.6 Å². The van der Waals surface area contributed by atoms with Gasteiger partial charge in [-0.1, -0.05) is 43.7 Å². The van der Waals surface area contributed by atoms with Crippen molar-refractivity contribution in [2.24, 2.45) is 0 Å². The van der Waals surface area contributed by atoms with Crippen molar-refractivity contribution >= 4 is 23.3 Å². The molecule has 0 unspecified atom stereocenters. The van der Waals surface area contributed by atoms with Crippen molar-refractivity contribution in [2.75, 3.05) is 23.4 Å². The van der Waals surface area contributed by atoms with Gasteiger partial charge in [-0.15, -0.1) is 0 Å². The van der Waals surface area contributed by atoms with Crippen LogP contribution in [0.15, 0.2) is 60.3 Å². The van der Waals surface area contributed by atoms with Crippen LogP contribution in [-0.2, 0) is 16.0 Å². The summed E-state index contributed by atoms with van der Waals surface area (Å²) in [6.45, 7) is 3.07. The first-order chi connectivity index (χ1) is 14.6. The van der Waals surface area contributed by atoms with E-state index in [1.807, 2.05) is 36.1 Å². The zero-order valence-electron chi connectivity index (χ0n) is 17.1. The lowest BCUT2D eigenvalue weighted by Crippen LogP contribution is -2.26. The molecule has 0 aromatic heterocycles. The fourth-order valence-electron chi connectivity index (χ4n) is 3.34. The zero-order chi connectivity index (χ0) is 21.3. The van der Waals surface area contributed by atoms with Crippen molar-refractivity contribution in [3.63, 3.8) is 0 Å². The number of fused-ring (bicyclic) bond motifs is 1. The van der Waals surface area contributed by atoms with Gasteiger partial charge in [-0.3, -0.25) is 4.79 Å². The SMILES string of the molecule is CCCCOC(=O)c1ccccc1NC(=O)/C(C#N)=C\N1CCCc2ccccc21. The molecule has 0 radical (unpaired) electrons. The highest BCUT2D eigenvalue weighted by atomic mass is 16.5. The van der Waals surface area contributed by atoms with Crippen LogP contribution in [0.25, 0.3) is 0 Å². The molecular weight excluding hydrogens is 378 g/mol. The van der Waals surface area contributed by atoms with Gasteiger partial charge in [-0.05, 0) is 43.0 Å². The molecule has 1 aliphatic heterocycles. The number of benzene rings is 2. The lowest BCUT2D eigenvalue weighted by atomic mass is 10.0. The van der Waals surface area contributed by atoms with Crippen molar-refractivity contribution < 1.29 is 14.3 Å². The van der Waals surface area contributed by atoms with Crippen LogP contribution in [0.1, 0.15) is 42.1 Å². The number of nitriles is 1. The Labute approximate surface area is 176 Å². The van der Waals surface area contributed by atoms with Gasteiger partial charge < -0.3 is 15.0 Å². The molecule has 3 rings (SSSR count). The number of rotatable bonds is 7. The number of amides is 1. The third-order valence-electron chi connectivity index (χ3n) is 4.92. The molecule has 1 N–H and O–H groups in total. The summed E-state index contributed by atoms with van der Waals surface area (Å²) in [7, 11) is 0. The van der Waals surface area contributed by atoms with Gasteiger partial charge in [0, 0.05) is 18.4 Å². The fourth-order valence-corrected chi connectivity index (χ4v) is 3.34. The number of carbonyl (C=O) groups excluding carboxylic acids is 2. The van der Waals surface area contributed by atoms with E-state index < -0.39 is 11.9 Å². The van der Waals surface area contributed by atoms with Gasteiger partial charge in [0.1, 0.15) is 11.6 Å². The van der Waals surface area contributed by atoms with Crippen LogP contribution in [0.3, 0.4) is 0 Å². The Hall–Kier alpha value is -3.59. The third-order valence-corrected chi connectivity index (χ3v) is 4.92. The van der Waals surface area contributed by atoms with Crippen molar-refractivity contribution in [1.29, 1.82) is 5.26 Å². The molecule has 0 aliphatic carbocycles. The lowest BCUT2D eigenvalue weighted by molar-refractivity contribution is -0.112. The van der Waals surface area contributed by atoms with E-state index in [1.165, 1.54) is 5.56 Å². The molecule has 0 bridgehead atoms. The van der Waals surface area contributed by atoms with Crippen LogP contribution >= 0.6 is 0 Å². The Balaban J connectivity index is 1.78. The highest BCUT2D eigenvalue weighted by molar-refractivity contribution is 6.09. The number of nitrogens with one attached hydrogen (secondary N) is 1. The van der Waals surface area contributed by atoms with Crippen LogP contribution < -0.4 is 10.2 Å². The Bertz CT molecular complexity index is 991. The number of esters is 1. The summed E-state index contributed by atoms with van der Waals surface area (Å²) in [5.74, 6) is -1.05. The van der Waals surface area contributed by atoms with E-state index >= 15 is 0 Å². The number of hydrogen-bond acceptors (Lipinski definition) is 5. The maximum Gasteiger partial charge on any atom is 0.340 e. The summed E-state index contributed by atoms with van der Waals surface area (Å²) in [6, 6.07) is 16.6. The van der Waals surface area contributed by atoms with Crippen molar-refractivity contribution in [1.82, 2.24) is 0 Å². The van der Waals surface area contributed by atoms with Crippen LogP contribution in [0.4, 0.5) is 11.4 Å². The summed E-state index contributed by atoms with van der Waals surface area (Å²) in [6.07, 6.45) is 5.19. The van der Waals surface area contributed by atoms with Gasteiger partial charge >= 0.3 is 5.97 Å². The second kappa shape index (κ2) is 10.3. The van der Waals surface area contributed by atoms with E-state index in [0.29, 0.717) is 12.3 Å². The van der Waals surface area contributed by atoms with Crippen LogP contribution in [-0.4, -0.2) is 25.0 Å². The molecule has 0 atom stereocenters. The van der Waals surface area contributed by atoms with Crippen LogP contribution in [0.5, 0.6) is 0 Å². The maximum absolute atomic E-state index is 12.8. The molecule has 2 aromatic rings. The zero-order valence-corrected chi connectivity index (χ0v) is 17.1. The minimum atomic E-state index is -0.561. The molecule has 1 aliphatic rings. The van der Waals surface area contributed by atoms with E-state index in [1.54, 1.807) is 30.5 Å². The number of carbonyl (C=O) groups is 2. The molecule has 30 heavy (non-hydrogen) atoms. The standard InChI is InChI=1S/C24H25N3O3/c1-2-3-15-30-24(29)20-11-5-6-12-21(20)26-23(28)19(16-25)17-27-14-8-10-18-9-4-7-13-22(18)27/h4-7,9,11-13,17H,2-3,8,10,14-15H2,1H3,(H,26,28)/b19-17-. The molecule has 0 saturated heterocycles. The minimum Gasteiger partial charge on any atom is -0.462 e. The first-order valence-electron chi connectivity index (χ1n) is 10.2. The third kappa shape index (κ3) is 5.06. The van der Waals surface area contributed by atoms with Gasteiger partial charge in [0.25, 0.3) is 5.91 Å². The van der Waals surface area contributed by atoms with Gasteiger partial charge in [0.2, 0.25) is 0 Å². The molecule has 0 saturated carbocycles. The molecule has 1 amide bonds. The Morgan fingerprint density at radius 2 is 1.97 bits per heavy atom. The lowest BCUT2D eigenvalue weighted by Gasteiger charge is -2.28.